The summed E-state index contributed by atoms with van der Waals surface area (Å²) in [5.41, 5.74) is 10.4. The first-order valence-corrected chi connectivity index (χ1v) is 9.53. The van der Waals surface area contributed by atoms with Crippen molar-refractivity contribution in [2.45, 2.75) is 31.9 Å². The molecule has 11 heteroatoms. The Morgan fingerprint density at radius 2 is 1.09 bits per heavy atom. The van der Waals surface area contributed by atoms with Gasteiger partial charge in [0.25, 0.3) is 0 Å². The Morgan fingerprint density at radius 1 is 0.656 bits per heavy atom. The van der Waals surface area contributed by atoms with E-state index in [2.05, 4.69) is 0 Å². The van der Waals surface area contributed by atoms with Gasteiger partial charge in [-0.05, 0) is 42.5 Å². The molecule has 0 radical (unpaired) electrons. The minimum Gasteiger partial charge on any atom is -0.399 e. The molecule has 2 aromatic carbocycles. The number of benzene rings is 2. The Kier molecular flexibility index (Phi) is 6.19. The third-order valence-electron chi connectivity index (χ3n) is 4.82. The third kappa shape index (κ3) is 4.71. The Labute approximate surface area is 180 Å². The van der Waals surface area contributed by atoms with Crippen molar-refractivity contribution in [2.24, 2.45) is 0 Å². The molecule has 0 spiro atoms. The molecule has 2 heterocycles. The van der Waals surface area contributed by atoms with Crippen LogP contribution in [0.4, 0.5) is 35.9 Å². The smallest absolute Gasteiger partial charge is 0.399 e. The quantitative estimate of drug-likeness (QED) is 0.537. The van der Waals surface area contributed by atoms with E-state index in [0.29, 0.717) is 35.2 Å². The van der Waals surface area contributed by atoms with E-state index in [1.165, 1.54) is 11.0 Å². The molecule has 0 unspecified atom stereocenters. The molecule has 8 nitrogen and oxygen atoms in total. The van der Waals surface area contributed by atoms with E-state index in [0.717, 1.165) is 6.07 Å². The molecule has 168 valence electrons. The van der Waals surface area contributed by atoms with Crippen molar-refractivity contribution in [1.29, 1.82) is 0 Å². The van der Waals surface area contributed by atoms with Crippen LogP contribution < -0.4 is 21.3 Å². The molecule has 2 aliphatic heterocycles. The van der Waals surface area contributed by atoms with E-state index >= 15 is 0 Å². The molecule has 32 heavy (non-hydrogen) atoms. The van der Waals surface area contributed by atoms with Gasteiger partial charge >= 0.3 is 6.18 Å². The number of anilines is 4. The number of halogens is 3. The van der Waals surface area contributed by atoms with Gasteiger partial charge in [-0.15, -0.1) is 0 Å². The highest BCUT2D eigenvalue weighted by Gasteiger charge is 2.40. The average Bonchev–Trinajstić information content (AvgIpc) is 3.23. The van der Waals surface area contributed by atoms with Gasteiger partial charge in [0, 0.05) is 37.1 Å². The summed E-state index contributed by atoms with van der Waals surface area (Å²) in [6, 6.07) is 9.69. The maximum absolute atomic E-state index is 12.8. The number of nitrogens with two attached hydrogens (primary N) is 2. The first kappa shape index (κ1) is 22.8. The molecule has 0 saturated carbocycles. The van der Waals surface area contributed by atoms with Crippen LogP contribution in [0.15, 0.2) is 42.5 Å². The second kappa shape index (κ2) is 8.69. The fraction of sp³-hybridized carbons (Fsp3) is 0.238. The first-order valence-electron chi connectivity index (χ1n) is 9.53. The monoisotopic (exact) mass is 448 g/mol. The van der Waals surface area contributed by atoms with Crippen LogP contribution in [0.25, 0.3) is 0 Å². The van der Waals surface area contributed by atoms with Gasteiger partial charge in [-0.3, -0.25) is 24.1 Å². The van der Waals surface area contributed by atoms with Crippen LogP contribution in [0, 0.1) is 0 Å². The van der Waals surface area contributed by atoms with Gasteiger partial charge in [0.15, 0.2) is 0 Å². The van der Waals surface area contributed by atoms with Crippen molar-refractivity contribution in [2.75, 3.05) is 21.3 Å². The number of hydrogen-bond donors (Lipinski definition) is 2. The molecule has 0 aromatic heterocycles. The molecular weight excluding hydrogens is 429 g/mol. The number of hydrogen-bond acceptors (Lipinski definition) is 6. The fourth-order valence-corrected chi connectivity index (χ4v) is 3.31. The highest BCUT2D eigenvalue weighted by Crippen LogP contribution is 2.39. The average molecular weight is 448 g/mol. The molecule has 0 bridgehead atoms. The second-order valence-corrected chi connectivity index (χ2v) is 7.11. The third-order valence-corrected chi connectivity index (χ3v) is 4.82. The van der Waals surface area contributed by atoms with Gasteiger partial charge < -0.3 is 11.5 Å². The summed E-state index contributed by atoms with van der Waals surface area (Å²) in [7, 11) is 0. The van der Waals surface area contributed by atoms with E-state index < -0.39 is 29.2 Å². The molecule has 4 rings (SSSR count). The van der Waals surface area contributed by atoms with Crippen molar-refractivity contribution in [3.05, 3.63) is 48.0 Å². The number of amides is 4. The first-order chi connectivity index (χ1) is 15.0. The lowest BCUT2D eigenvalue weighted by Gasteiger charge is -2.20. The lowest BCUT2D eigenvalue weighted by molar-refractivity contribution is -0.137. The molecule has 4 amide bonds. The highest BCUT2D eigenvalue weighted by atomic mass is 19.4. The van der Waals surface area contributed by atoms with Crippen LogP contribution in [-0.2, 0) is 25.4 Å². The molecule has 2 aliphatic rings. The number of rotatable bonds is 2. The van der Waals surface area contributed by atoms with Gasteiger partial charge in [-0.25, -0.2) is 4.90 Å². The standard InChI is InChI=1S/C11H9F3N2O2.C10H10N2O2/c12-11(13,14)7-5-6(15)1-2-8(7)16-9(17)3-4-10(16)18;11-7-1-3-8(4-2-7)12-9(13)5-6-10(12)14/h1-2,5H,3-4,15H2;1-4H,5-6,11H2. The van der Waals surface area contributed by atoms with E-state index in [1.807, 2.05) is 0 Å². The zero-order chi connectivity index (χ0) is 23.6. The van der Waals surface area contributed by atoms with Crippen LogP contribution in [0.3, 0.4) is 0 Å². The summed E-state index contributed by atoms with van der Waals surface area (Å²) in [4.78, 5) is 47.4. The van der Waals surface area contributed by atoms with Crippen molar-refractivity contribution >= 4 is 46.4 Å². The second-order valence-electron chi connectivity index (χ2n) is 7.11. The van der Waals surface area contributed by atoms with Crippen LogP contribution in [-0.4, -0.2) is 23.6 Å². The van der Waals surface area contributed by atoms with Crippen LogP contribution in [0.1, 0.15) is 31.2 Å². The van der Waals surface area contributed by atoms with E-state index in [1.54, 1.807) is 24.3 Å². The SMILES string of the molecule is Nc1ccc(N2C(=O)CCC2=O)c(C(F)(F)F)c1.Nc1ccc(N2C(=O)CCC2=O)cc1. The zero-order valence-corrected chi connectivity index (χ0v) is 16.7. The van der Waals surface area contributed by atoms with E-state index in [9.17, 15) is 32.3 Å². The minimum atomic E-state index is -4.67. The maximum atomic E-state index is 12.8. The minimum absolute atomic E-state index is 0.0689. The predicted octanol–water partition coefficient (Wildman–Crippen LogP) is 2.86. The summed E-state index contributed by atoms with van der Waals surface area (Å²) in [5, 5.41) is 0. The number of nitrogen functional groups attached to an aromatic ring is 2. The number of nitrogens with zero attached hydrogens (tertiary/aromatic N) is 2. The Balaban J connectivity index is 0.000000186. The number of carbonyl (C=O) groups excluding carboxylic acids is 4. The molecule has 4 N–H and O–H groups in total. The summed E-state index contributed by atoms with van der Waals surface area (Å²) >= 11 is 0. The molecule has 0 aliphatic carbocycles. The molecular formula is C21H19F3N4O4. The van der Waals surface area contributed by atoms with Crippen molar-refractivity contribution in [3.63, 3.8) is 0 Å². The van der Waals surface area contributed by atoms with Gasteiger partial charge in [0.05, 0.1) is 16.9 Å². The predicted molar refractivity (Wildman–Crippen MR) is 110 cm³/mol. The summed E-state index contributed by atoms with van der Waals surface area (Å²) < 4.78 is 38.5. The molecule has 2 aromatic rings. The Hall–Kier alpha value is -3.89. The van der Waals surface area contributed by atoms with Gasteiger partial charge in [-0.2, -0.15) is 13.2 Å². The summed E-state index contributed by atoms with van der Waals surface area (Å²) in [6.45, 7) is 0. The zero-order valence-electron chi connectivity index (χ0n) is 16.7. The fourth-order valence-electron chi connectivity index (χ4n) is 3.31. The van der Waals surface area contributed by atoms with Crippen molar-refractivity contribution in [3.8, 4) is 0 Å². The van der Waals surface area contributed by atoms with E-state index in [4.69, 9.17) is 11.5 Å². The molecule has 2 fully saturated rings. The number of imide groups is 2. The van der Waals surface area contributed by atoms with Gasteiger partial charge in [-0.1, -0.05) is 0 Å². The largest absolute Gasteiger partial charge is 0.418 e. The van der Waals surface area contributed by atoms with Gasteiger partial charge in [0.1, 0.15) is 0 Å². The topological polar surface area (TPSA) is 127 Å². The molecule has 2 saturated heterocycles. The normalized spacial score (nSPS) is 16.5. The Bertz CT molecular complexity index is 1050. The summed E-state index contributed by atoms with van der Waals surface area (Å²) in [5.74, 6) is -1.54. The van der Waals surface area contributed by atoms with Crippen molar-refractivity contribution < 1.29 is 32.3 Å². The van der Waals surface area contributed by atoms with E-state index in [-0.39, 0.29) is 30.3 Å². The number of alkyl halides is 3. The van der Waals surface area contributed by atoms with Crippen LogP contribution in [0.2, 0.25) is 0 Å². The highest BCUT2D eigenvalue weighted by molar-refractivity contribution is 6.20. The van der Waals surface area contributed by atoms with Gasteiger partial charge in [0.2, 0.25) is 23.6 Å². The lowest BCUT2D eigenvalue weighted by atomic mass is 10.1. The molecule has 0 atom stereocenters. The lowest BCUT2D eigenvalue weighted by Crippen LogP contribution is -2.30. The van der Waals surface area contributed by atoms with Crippen LogP contribution >= 0.6 is 0 Å². The van der Waals surface area contributed by atoms with Crippen LogP contribution in [0.5, 0.6) is 0 Å². The number of carbonyl (C=O) groups is 4. The maximum Gasteiger partial charge on any atom is 0.418 e. The summed E-state index contributed by atoms with van der Waals surface area (Å²) in [6.07, 6.45) is -4.19. The van der Waals surface area contributed by atoms with Crippen molar-refractivity contribution in [1.82, 2.24) is 0 Å². The Morgan fingerprint density at radius 3 is 1.56 bits per heavy atom.